The number of hydrogen-bond acceptors (Lipinski definition) is 8. The molecule has 1 aromatic carbocycles. The molecule has 0 bridgehead atoms. The molecule has 2 atom stereocenters. The minimum atomic E-state index is -1.00. The van der Waals surface area contributed by atoms with Gasteiger partial charge in [0.1, 0.15) is 0 Å². The summed E-state index contributed by atoms with van der Waals surface area (Å²) in [5, 5.41) is 19.6. The van der Waals surface area contributed by atoms with Crippen molar-refractivity contribution in [1.82, 2.24) is 15.0 Å². The second kappa shape index (κ2) is 10.7. The van der Waals surface area contributed by atoms with Crippen molar-refractivity contribution in [1.29, 1.82) is 0 Å². The van der Waals surface area contributed by atoms with Crippen molar-refractivity contribution in [3.8, 4) is 17.2 Å². The number of para-hydroxylation sites is 1. The summed E-state index contributed by atoms with van der Waals surface area (Å²) >= 11 is 7.55. The molecule has 0 spiro atoms. The molecule has 2 unspecified atom stereocenters. The van der Waals surface area contributed by atoms with Crippen molar-refractivity contribution < 1.29 is 19.7 Å². The Morgan fingerprint density at radius 3 is 2.97 bits per heavy atom. The average Bonchev–Trinajstić information content (AvgIpc) is 3.35. The van der Waals surface area contributed by atoms with Gasteiger partial charge in [-0.15, -0.1) is 0 Å². The van der Waals surface area contributed by atoms with E-state index in [1.165, 1.54) is 11.2 Å². The van der Waals surface area contributed by atoms with Crippen LogP contribution in [0.1, 0.15) is 41.9 Å². The Labute approximate surface area is 211 Å². The number of nitrogens with one attached hydrogen (secondary N) is 1. The molecule has 3 heterocycles. The number of H-pyrrole nitrogens is 1. The molecular formula is C24H22BClN4O4S. The third-order valence-electron chi connectivity index (χ3n) is 5.58. The van der Waals surface area contributed by atoms with E-state index in [1.54, 1.807) is 36.8 Å². The van der Waals surface area contributed by atoms with Gasteiger partial charge in [-0.25, -0.2) is 0 Å². The Hall–Kier alpha value is -3.05. The summed E-state index contributed by atoms with van der Waals surface area (Å²) in [6.07, 6.45) is 6.58. The molecule has 5 rings (SSSR count). The summed E-state index contributed by atoms with van der Waals surface area (Å²) in [5.41, 5.74) is 2.57. The Kier molecular flexibility index (Phi) is 7.24. The van der Waals surface area contributed by atoms with Gasteiger partial charge in [0.15, 0.2) is 0 Å². The molecule has 0 radical (unpaired) electrons. The van der Waals surface area contributed by atoms with Gasteiger partial charge in [0.25, 0.3) is 0 Å². The van der Waals surface area contributed by atoms with Crippen LogP contribution in [0, 0.1) is 0 Å². The van der Waals surface area contributed by atoms with Gasteiger partial charge < -0.3 is 0 Å². The molecular weight excluding hydrogens is 487 g/mol. The van der Waals surface area contributed by atoms with Crippen molar-refractivity contribution in [2.75, 3.05) is 6.61 Å². The number of ether oxygens (including phenoxy) is 2. The molecule has 11 heteroatoms. The molecule has 4 aromatic rings. The molecule has 35 heavy (non-hydrogen) atoms. The normalized spacial score (nSPS) is 16.4. The quantitative estimate of drug-likeness (QED) is 0.342. The molecule has 0 saturated heterocycles. The first kappa shape index (κ1) is 23.7. The average molecular weight is 509 g/mol. The van der Waals surface area contributed by atoms with Crippen molar-refractivity contribution in [2.24, 2.45) is 4.99 Å². The molecule has 0 saturated carbocycles. The van der Waals surface area contributed by atoms with E-state index < -0.39 is 6.10 Å². The summed E-state index contributed by atoms with van der Waals surface area (Å²) in [6.45, 7) is -0.386. The number of benzene rings is 1. The third kappa shape index (κ3) is 5.46. The van der Waals surface area contributed by atoms with Gasteiger partial charge in [-0.3, -0.25) is 0 Å². The van der Waals surface area contributed by atoms with Crippen LogP contribution >= 0.6 is 22.8 Å². The Balaban J connectivity index is 1.52. The van der Waals surface area contributed by atoms with Gasteiger partial charge in [0, 0.05) is 0 Å². The van der Waals surface area contributed by atoms with E-state index in [2.05, 4.69) is 19.9 Å². The number of nitrogens with zero attached hydrogens (tertiary/aromatic N) is 3. The number of aryl methyl sites for hydroxylation is 1. The van der Waals surface area contributed by atoms with Crippen LogP contribution in [0.15, 0.2) is 59.9 Å². The maximum absolute atomic E-state index is 9.88. The van der Waals surface area contributed by atoms with Crippen LogP contribution in [0.25, 0.3) is 0 Å². The fourth-order valence-electron chi connectivity index (χ4n) is 3.85. The van der Waals surface area contributed by atoms with Crippen molar-refractivity contribution in [3.63, 3.8) is 0 Å². The number of pyridine rings is 2. The first-order chi connectivity index (χ1) is 17.1. The van der Waals surface area contributed by atoms with Crippen LogP contribution in [-0.2, 0) is 6.42 Å². The van der Waals surface area contributed by atoms with Crippen molar-refractivity contribution >= 4 is 34.8 Å². The molecule has 0 amide bonds. The maximum atomic E-state index is 9.88. The molecule has 178 valence electrons. The Bertz CT molecular complexity index is 1400. The second-order valence-electron chi connectivity index (χ2n) is 7.99. The van der Waals surface area contributed by atoms with E-state index in [4.69, 9.17) is 21.1 Å². The predicted molar refractivity (Wildman–Crippen MR) is 134 cm³/mol. The first-order valence-electron chi connectivity index (χ1n) is 11.1. The number of aromatic amines is 1. The van der Waals surface area contributed by atoms with Crippen LogP contribution in [-0.4, -0.2) is 37.9 Å². The summed E-state index contributed by atoms with van der Waals surface area (Å²) in [4.78, 5) is 17.1. The summed E-state index contributed by atoms with van der Waals surface area (Å²) in [6, 6.07) is 12.9. The van der Waals surface area contributed by atoms with E-state index in [-0.39, 0.29) is 12.7 Å². The fraction of sp³-hybridized carbons (Fsp3) is 0.250. The SMILES string of the molecule is OCC(O)c1bs/c(=N\c2ncc(Oc3ccccc3Cl)cc2OC2CCCc3ncccc32)[nH]1. The summed E-state index contributed by atoms with van der Waals surface area (Å²) < 4.78 is 12.4. The zero-order valence-corrected chi connectivity index (χ0v) is 20.2. The molecule has 3 aromatic heterocycles. The molecule has 0 aliphatic heterocycles. The van der Waals surface area contributed by atoms with Crippen molar-refractivity contribution in [2.45, 2.75) is 31.5 Å². The zero-order chi connectivity index (χ0) is 24.2. The number of hydrogen-bond donors (Lipinski definition) is 3. The molecule has 0 fully saturated rings. The van der Waals surface area contributed by atoms with E-state index in [1.807, 2.05) is 24.3 Å². The molecule has 8 nitrogen and oxygen atoms in total. The van der Waals surface area contributed by atoms with E-state index in [9.17, 15) is 10.2 Å². The van der Waals surface area contributed by atoms with Crippen molar-refractivity contribution in [3.05, 3.63) is 81.5 Å². The van der Waals surface area contributed by atoms with Gasteiger partial charge in [0.2, 0.25) is 0 Å². The minimum absolute atomic E-state index is 0.196. The van der Waals surface area contributed by atoms with E-state index in [0.717, 1.165) is 30.5 Å². The van der Waals surface area contributed by atoms with E-state index in [0.29, 0.717) is 38.5 Å². The predicted octanol–water partition coefficient (Wildman–Crippen LogP) is 4.36. The fourth-order valence-corrected chi connectivity index (χ4v) is 4.80. The standard InChI is InChI=1S/C24H22BClN4O4S/c26-16-6-1-2-8-20(16)33-14-11-21(34-19-9-3-7-17-15(19)5-4-10-27-17)23(28-12-14)30-24-29-22(25-35-24)18(32)13-31/h1-2,4-6,8,10-12,18-19,31-32H,3,7,9,13H2,(H,28,29,30). The topological polar surface area (TPSA) is 113 Å². The number of rotatable bonds is 7. The number of fused-ring (bicyclic) bond motifs is 1. The number of aliphatic hydroxyl groups excluding tert-OH is 2. The monoisotopic (exact) mass is 508 g/mol. The number of halogens is 1. The number of aromatic nitrogens is 3. The summed E-state index contributed by atoms with van der Waals surface area (Å²) in [5.74, 6) is 1.77. The molecule has 3 N–H and O–H groups in total. The first-order valence-corrected chi connectivity index (χ1v) is 12.4. The summed E-state index contributed by atoms with van der Waals surface area (Å²) in [7, 11) is 0. The molecule has 1 aliphatic rings. The van der Waals surface area contributed by atoms with Gasteiger partial charge in [-0.2, -0.15) is 0 Å². The van der Waals surface area contributed by atoms with Crippen LogP contribution < -0.4 is 14.3 Å². The Morgan fingerprint density at radius 2 is 2.11 bits per heavy atom. The van der Waals surface area contributed by atoms with Crippen LogP contribution in [0.3, 0.4) is 0 Å². The molecule has 1 aliphatic carbocycles. The van der Waals surface area contributed by atoms with Crippen LogP contribution in [0.4, 0.5) is 5.82 Å². The van der Waals surface area contributed by atoms with Crippen LogP contribution in [0.5, 0.6) is 17.2 Å². The third-order valence-corrected chi connectivity index (χ3v) is 6.68. The zero-order valence-electron chi connectivity index (χ0n) is 18.6. The Morgan fingerprint density at radius 1 is 1.23 bits per heavy atom. The van der Waals surface area contributed by atoms with Gasteiger partial charge >= 0.3 is 211 Å². The van der Waals surface area contributed by atoms with E-state index >= 15 is 0 Å². The van der Waals surface area contributed by atoms with Gasteiger partial charge in [0.05, 0.1) is 0 Å². The second-order valence-corrected chi connectivity index (χ2v) is 9.26. The van der Waals surface area contributed by atoms with Gasteiger partial charge in [-0.1, -0.05) is 0 Å². The van der Waals surface area contributed by atoms with Crippen LogP contribution in [0.2, 0.25) is 5.02 Å². The number of aliphatic hydroxyl groups is 2. The van der Waals surface area contributed by atoms with Gasteiger partial charge in [-0.05, 0) is 0 Å².